The lowest BCUT2D eigenvalue weighted by atomic mass is 9.87. The molecular formula is C12H18. The van der Waals surface area contributed by atoms with Gasteiger partial charge in [-0.2, -0.15) is 0 Å². The molecule has 1 aliphatic carbocycles. The minimum absolute atomic E-state index is 0.699. The predicted molar refractivity (Wildman–Crippen MR) is 55.1 cm³/mol. The third kappa shape index (κ3) is 1.88. The summed E-state index contributed by atoms with van der Waals surface area (Å²) in [6.45, 7) is 8.88. The van der Waals surface area contributed by atoms with Crippen LogP contribution in [-0.2, 0) is 0 Å². The smallest absolute Gasteiger partial charge is 0.0153 e. The highest BCUT2D eigenvalue weighted by molar-refractivity contribution is 5.38. The van der Waals surface area contributed by atoms with Crippen molar-refractivity contribution < 1.29 is 0 Å². The van der Waals surface area contributed by atoms with Gasteiger partial charge in [0.2, 0.25) is 0 Å². The molecule has 12 heavy (non-hydrogen) atoms. The summed E-state index contributed by atoms with van der Waals surface area (Å²) in [5.41, 5.74) is 4.41. The second kappa shape index (κ2) is 3.75. The fourth-order valence-corrected chi connectivity index (χ4v) is 1.53. The molecule has 0 aromatic carbocycles. The van der Waals surface area contributed by atoms with Crippen molar-refractivity contribution in [3.63, 3.8) is 0 Å². The van der Waals surface area contributed by atoms with E-state index in [4.69, 9.17) is 0 Å². The van der Waals surface area contributed by atoms with Gasteiger partial charge in [0, 0.05) is 0 Å². The predicted octanol–water partition coefficient (Wildman–Crippen LogP) is 3.87. The van der Waals surface area contributed by atoms with Gasteiger partial charge in [-0.15, -0.1) is 0 Å². The van der Waals surface area contributed by atoms with Gasteiger partial charge in [-0.25, -0.2) is 0 Å². The highest BCUT2D eigenvalue weighted by atomic mass is 14.2. The molecule has 0 radical (unpaired) electrons. The summed E-state index contributed by atoms with van der Waals surface area (Å²) >= 11 is 0. The molecule has 0 saturated carbocycles. The van der Waals surface area contributed by atoms with Gasteiger partial charge in [0.25, 0.3) is 0 Å². The van der Waals surface area contributed by atoms with Crippen LogP contribution in [-0.4, -0.2) is 0 Å². The van der Waals surface area contributed by atoms with Gasteiger partial charge in [-0.1, -0.05) is 30.7 Å². The largest absolute Gasteiger partial charge is 0.0839 e. The molecule has 0 aromatic rings. The van der Waals surface area contributed by atoms with E-state index in [1.165, 1.54) is 23.1 Å². The Bertz CT molecular complexity index is 247. The van der Waals surface area contributed by atoms with Crippen LogP contribution in [0.15, 0.2) is 34.9 Å². The molecule has 0 saturated heterocycles. The normalized spacial score (nSPS) is 22.0. The van der Waals surface area contributed by atoms with Gasteiger partial charge >= 0.3 is 0 Å². The highest BCUT2D eigenvalue weighted by Gasteiger charge is 2.11. The molecule has 1 atom stereocenters. The first-order valence-electron chi connectivity index (χ1n) is 4.64. The third-order valence-corrected chi connectivity index (χ3v) is 2.62. The van der Waals surface area contributed by atoms with Crippen molar-refractivity contribution in [1.82, 2.24) is 0 Å². The van der Waals surface area contributed by atoms with Crippen molar-refractivity contribution in [2.45, 2.75) is 34.1 Å². The summed E-state index contributed by atoms with van der Waals surface area (Å²) in [7, 11) is 0. The van der Waals surface area contributed by atoms with E-state index in [1.807, 2.05) is 0 Å². The Labute approximate surface area is 75.7 Å². The van der Waals surface area contributed by atoms with E-state index in [1.54, 1.807) is 0 Å². The first kappa shape index (κ1) is 9.31. The maximum atomic E-state index is 2.29. The van der Waals surface area contributed by atoms with Crippen molar-refractivity contribution in [2.24, 2.45) is 5.92 Å². The van der Waals surface area contributed by atoms with Crippen LogP contribution >= 0.6 is 0 Å². The SMILES string of the molecule is CC(C)=C(C)C1=CC=CCC1C. The van der Waals surface area contributed by atoms with Gasteiger partial charge in [0.1, 0.15) is 0 Å². The Hall–Kier alpha value is -0.780. The monoisotopic (exact) mass is 162 g/mol. The summed E-state index contributed by atoms with van der Waals surface area (Å²) in [5, 5.41) is 0. The summed E-state index contributed by atoms with van der Waals surface area (Å²) in [6, 6.07) is 0. The van der Waals surface area contributed by atoms with Crippen LogP contribution in [0.2, 0.25) is 0 Å². The van der Waals surface area contributed by atoms with Crippen molar-refractivity contribution in [2.75, 3.05) is 0 Å². The zero-order chi connectivity index (χ0) is 9.14. The number of hydrogen-bond donors (Lipinski definition) is 0. The molecule has 1 aliphatic rings. The Morgan fingerprint density at radius 1 is 1.33 bits per heavy atom. The van der Waals surface area contributed by atoms with E-state index >= 15 is 0 Å². The zero-order valence-corrected chi connectivity index (χ0v) is 8.52. The van der Waals surface area contributed by atoms with Gasteiger partial charge in [-0.3, -0.25) is 0 Å². The van der Waals surface area contributed by atoms with E-state index in [9.17, 15) is 0 Å². The fourth-order valence-electron chi connectivity index (χ4n) is 1.53. The van der Waals surface area contributed by atoms with Gasteiger partial charge in [0.15, 0.2) is 0 Å². The second-order valence-corrected chi connectivity index (χ2v) is 3.81. The number of hydrogen-bond acceptors (Lipinski definition) is 0. The lowest BCUT2D eigenvalue weighted by Gasteiger charge is -2.18. The topological polar surface area (TPSA) is 0 Å². The van der Waals surface area contributed by atoms with Gasteiger partial charge in [0.05, 0.1) is 0 Å². The number of allylic oxidation sites excluding steroid dienone is 6. The molecule has 66 valence electrons. The lowest BCUT2D eigenvalue weighted by molar-refractivity contribution is 0.692. The summed E-state index contributed by atoms with van der Waals surface area (Å²) in [4.78, 5) is 0. The van der Waals surface area contributed by atoms with Gasteiger partial charge in [-0.05, 0) is 44.3 Å². The van der Waals surface area contributed by atoms with Crippen molar-refractivity contribution in [3.8, 4) is 0 Å². The maximum absolute atomic E-state index is 2.29. The summed E-state index contributed by atoms with van der Waals surface area (Å²) < 4.78 is 0. The molecule has 0 spiro atoms. The second-order valence-electron chi connectivity index (χ2n) is 3.81. The minimum Gasteiger partial charge on any atom is -0.0839 e. The maximum Gasteiger partial charge on any atom is -0.0153 e. The number of rotatable bonds is 1. The quantitative estimate of drug-likeness (QED) is 0.549. The Morgan fingerprint density at radius 3 is 2.50 bits per heavy atom. The molecule has 0 fully saturated rings. The van der Waals surface area contributed by atoms with E-state index in [0.29, 0.717) is 5.92 Å². The van der Waals surface area contributed by atoms with Crippen LogP contribution in [0.5, 0.6) is 0 Å². The Kier molecular flexibility index (Phi) is 2.91. The molecular weight excluding hydrogens is 144 g/mol. The van der Waals surface area contributed by atoms with E-state index in [0.717, 1.165) is 0 Å². The summed E-state index contributed by atoms with van der Waals surface area (Å²) in [6.07, 6.45) is 7.85. The third-order valence-electron chi connectivity index (χ3n) is 2.62. The fraction of sp³-hybridized carbons (Fsp3) is 0.500. The highest BCUT2D eigenvalue weighted by Crippen LogP contribution is 2.27. The van der Waals surface area contributed by atoms with Crippen molar-refractivity contribution in [1.29, 1.82) is 0 Å². The molecule has 0 heteroatoms. The van der Waals surface area contributed by atoms with Gasteiger partial charge < -0.3 is 0 Å². The summed E-state index contributed by atoms with van der Waals surface area (Å²) in [5.74, 6) is 0.699. The molecule has 0 aliphatic heterocycles. The zero-order valence-electron chi connectivity index (χ0n) is 8.52. The first-order chi connectivity index (χ1) is 5.63. The van der Waals surface area contributed by atoms with Crippen LogP contribution in [0.1, 0.15) is 34.1 Å². The molecule has 1 rings (SSSR count). The average molecular weight is 162 g/mol. The molecule has 0 heterocycles. The van der Waals surface area contributed by atoms with Crippen LogP contribution in [0.3, 0.4) is 0 Å². The van der Waals surface area contributed by atoms with E-state index in [2.05, 4.69) is 45.9 Å². The molecule has 0 nitrogen and oxygen atoms in total. The van der Waals surface area contributed by atoms with Crippen molar-refractivity contribution >= 4 is 0 Å². The minimum atomic E-state index is 0.699. The Morgan fingerprint density at radius 2 is 2.00 bits per heavy atom. The molecule has 1 unspecified atom stereocenters. The molecule has 0 bridgehead atoms. The lowest BCUT2D eigenvalue weighted by Crippen LogP contribution is -2.03. The van der Waals surface area contributed by atoms with Crippen molar-refractivity contribution in [3.05, 3.63) is 34.9 Å². The Balaban J connectivity index is 2.94. The molecule has 0 N–H and O–H groups in total. The van der Waals surface area contributed by atoms with E-state index < -0.39 is 0 Å². The van der Waals surface area contributed by atoms with Crippen LogP contribution < -0.4 is 0 Å². The standard InChI is InChI=1S/C12H18/c1-9(2)11(4)12-8-6-5-7-10(12)3/h5-6,8,10H,7H2,1-4H3. The first-order valence-corrected chi connectivity index (χ1v) is 4.64. The van der Waals surface area contributed by atoms with E-state index in [-0.39, 0.29) is 0 Å². The van der Waals surface area contributed by atoms with Crippen LogP contribution in [0, 0.1) is 5.92 Å². The van der Waals surface area contributed by atoms with Crippen LogP contribution in [0.4, 0.5) is 0 Å². The average Bonchev–Trinajstić information content (AvgIpc) is 2.04. The van der Waals surface area contributed by atoms with Crippen LogP contribution in [0.25, 0.3) is 0 Å². The molecule has 0 amide bonds. The molecule has 0 aromatic heterocycles.